The quantitative estimate of drug-likeness (QED) is 0.884. The van der Waals surface area contributed by atoms with Crippen molar-refractivity contribution in [1.82, 2.24) is 0 Å². The second kappa shape index (κ2) is 6.23. The average molecular weight is 266 g/mol. The van der Waals surface area contributed by atoms with E-state index in [1.54, 1.807) is 0 Å². The highest BCUT2D eigenvalue weighted by atomic mass is 16.3. The molecule has 0 saturated carbocycles. The molecule has 20 heavy (non-hydrogen) atoms. The first-order chi connectivity index (χ1) is 9.88. The molecule has 0 heterocycles. The zero-order valence-electron chi connectivity index (χ0n) is 11.9. The summed E-state index contributed by atoms with van der Waals surface area (Å²) in [6, 6.07) is 17.5. The van der Waals surface area contributed by atoms with Crippen molar-refractivity contribution in [2.45, 2.75) is 38.0 Å². The van der Waals surface area contributed by atoms with Crippen molar-refractivity contribution in [1.29, 1.82) is 0 Å². The van der Waals surface area contributed by atoms with Crippen LogP contribution in [-0.4, -0.2) is 11.7 Å². The molecule has 1 heteroatoms. The topological polar surface area (TPSA) is 20.2 Å². The first-order valence-electron chi connectivity index (χ1n) is 7.66. The van der Waals surface area contributed by atoms with Gasteiger partial charge in [-0.05, 0) is 54.4 Å². The average Bonchev–Trinajstić information content (AvgIpc) is 2.53. The molecule has 0 radical (unpaired) electrons. The van der Waals surface area contributed by atoms with Crippen molar-refractivity contribution in [2.75, 3.05) is 6.61 Å². The Balaban J connectivity index is 1.95. The van der Waals surface area contributed by atoms with E-state index in [1.807, 2.05) is 6.07 Å². The molecule has 2 aromatic carbocycles. The van der Waals surface area contributed by atoms with Gasteiger partial charge < -0.3 is 5.11 Å². The molecule has 0 aromatic heterocycles. The van der Waals surface area contributed by atoms with Gasteiger partial charge in [-0.25, -0.2) is 0 Å². The van der Waals surface area contributed by atoms with Gasteiger partial charge in [0.25, 0.3) is 0 Å². The van der Waals surface area contributed by atoms with Crippen molar-refractivity contribution < 1.29 is 5.11 Å². The summed E-state index contributed by atoms with van der Waals surface area (Å²) < 4.78 is 0. The van der Waals surface area contributed by atoms with Crippen molar-refractivity contribution in [3.63, 3.8) is 0 Å². The van der Waals surface area contributed by atoms with Crippen LogP contribution in [0.25, 0.3) is 0 Å². The van der Waals surface area contributed by atoms with Crippen LogP contribution in [0.3, 0.4) is 0 Å². The summed E-state index contributed by atoms with van der Waals surface area (Å²) in [6.07, 6.45) is 5.87. The van der Waals surface area contributed by atoms with Crippen LogP contribution >= 0.6 is 0 Å². The number of aryl methyl sites for hydroxylation is 2. The Kier molecular flexibility index (Phi) is 4.17. The second-order valence-electron chi connectivity index (χ2n) is 5.71. The van der Waals surface area contributed by atoms with Crippen LogP contribution in [0, 0.1) is 0 Å². The third kappa shape index (κ3) is 2.78. The molecule has 1 atom stereocenters. The maximum Gasteiger partial charge on any atom is 0.0440 e. The van der Waals surface area contributed by atoms with Crippen LogP contribution in [0.15, 0.2) is 48.5 Å². The van der Waals surface area contributed by atoms with E-state index in [0.29, 0.717) is 5.92 Å². The van der Waals surface area contributed by atoms with Gasteiger partial charge in [0.05, 0.1) is 0 Å². The molecule has 104 valence electrons. The molecule has 0 amide bonds. The van der Waals surface area contributed by atoms with E-state index < -0.39 is 0 Å². The Morgan fingerprint density at radius 2 is 1.60 bits per heavy atom. The van der Waals surface area contributed by atoms with Crippen LogP contribution in [0.5, 0.6) is 0 Å². The minimum atomic E-state index is 0.233. The summed E-state index contributed by atoms with van der Waals surface area (Å²) >= 11 is 0. The molecule has 1 aliphatic carbocycles. The number of hydrogen-bond acceptors (Lipinski definition) is 1. The van der Waals surface area contributed by atoms with E-state index in [0.717, 1.165) is 6.42 Å². The molecular formula is C19H22O. The highest BCUT2D eigenvalue weighted by Crippen LogP contribution is 2.31. The first kappa shape index (κ1) is 13.4. The molecule has 0 bridgehead atoms. The van der Waals surface area contributed by atoms with Crippen molar-refractivity contribution in [3.8, 4) is 0 Å². The van der Waals surface area contributed by atoms with Crippen molar-refractivity contribution in [3.05, 3.63) is 70.8 Å². The summed E-state index contributed by atoms with van der Waals surface area (Å²) in [4.78, 5) is 0. The van der Waals surface area contributed by atoms with Gasteiger partial charge in [0.15, 0.2) is 0 Å². The van der Waals surface area contributed by atoms with Crippen molar-refractivity contribution in [2.24, 2.45) is 0 Å². The fourth-order valence-corrected chi connectivity index (χ4v) is 3.31. The molecule has 1 unspecified atom stereocenters. The Bertz CT molecular complexity index is 559. The molecule has 0 spiro atoms. The van der Waals surface area contributed by atoms with Crippen LogP contribution in [0.1, 0.15) is 47.4 Å². The predicted molar refractivity (Wildman–Crippen MR) is 83.1 cm³/mol. The van der Waals surface area contributed by atoms with Crippen molar-refractivity contribution >= 4 is 0 Å². The largest absolute Gasteiger partial charge is 0.396 e. The Labute approximate surface area is 121 Å². The molecule has 2 aromatic rings. The molecule has 1 aliphatic rings. The molecule has 1 nitrogen and oxygen atoms in total. The Morgan fingerprint density at radius 3 is 2.35 bits per heavy atom. The molecule has 0 aliphatic heterocycles. The Hall–Kier alpha value is -1.60. The predicted octanol–water partition coefficient (Wildman–Crippen LogP) is 4.08. The maximum atomic E-state index is 9.40. The van der Waals surface area contributed by atoms with Gasteiger partial charge >= 0.3 is 0 Å². The number of rotatable bonds is 4. The highest BCUT2D eigenvalue weighted by molar-refractivity contribution is 5.39. The number of aliphatic hydroxyl groups excluding tert-OH is 1. The minimum Gasteiger partial charge on any atom is -0.396 e. The Morgan fingerprint density at radius 1 is 0.850 bits per heavy atom. The lowest BCUT2D eigenvalue weighted by molar-refractivity contribution is 0.281. The number of fused-ring (bicyclic) bond motifs is 1. The lowest BCUT2D eigenvalue weighted by Crippen LogP contribution is -2.07. The lowest BCUT2D eigenvalue weighted by atomic mass is 9.84. The van der Waals surface area contributed by atoms with E-state index in [1.165, 1.54) is 47.9 Å². The minimum absolute atomic E-state index is 0.233. The molecule has 3 rings (SSSR count). The summed E-state index contributed by atoms with van der Waals surface area (Å²) in [7, 11) is 0. The van der Waals surface area contributed by atoms with Crippen LogP contribution in [-0.2, 0) is 12.8 Å². The number of benzene rings is 2. The third-order valence-corrected chi connectivity index (χ3v) is 4.39. The normalized spacial score (nSPS) is 15.7. The third-order valence-electron chi connectivity index (χ3n) is 4.39. The van der Waals surface area contributed by atoms with E-state index in [9.17, 15) is 5.11 Å². The summed E-state index contributed by atoms with van der Waals surface area (Å²) in [5, 5.41) is 9.40. The van der Waals surface area contributed by atoms with E-state index >= 15 is 0 Å². The zero-order valence-corrected chi connectivity index (χ0v) is 11.9. The summed E-state index contributed by atoms with van der Waals surface area (Å²) in [5.74, 6) is 0.313. The number of hydrogen-bond donors (Lipinski definition) is 1. The van der Waals surface area contributed by atoms with E-state index in [4.69, 9.17) is 0 Å². The second-order valence-corrected chi connectivity index (χ2v) is 5.71. The first-order valence-corrected chi connectivity index (χ1v) is 7.66. The molecule has 1 N–H and O–H groups in total. The molecular weight excluding hydrogens is 244 g/mol. The van der Waals surface area contributed by atoms with Crippen LogP contribution < -0.4 is 0 Å². The van der Waals surface area contributed by atoms with E-state index in [2.05, 4.69) is 42.5 Å². The standard InChI is InChI=1S/C19H22O/c20-13-12-19(16-7-2-1-3-8-16)18-11-10-15-6-4-5-9-17(15)14-18/h1-3,7-8,10-11,14,19-20H,4-6,9,12-13H2. The van der Waals surface area contributed by atoms with Crippen LogP contribution in [0.4, 0.5) is 0 Å². The lowest BCUT2D eigenvalue weighted by Gasteiger charge is -2.21. The fourth-order valence-electron chi connectivity index (χ4n) is 3.31. The summed E-state index contributed by atoms with van der Waals surface area (Å²) in [6.45, 7) is 0.233. The smallest absolute Gasteiger partial charge is 0.0440 e. The number of aliphatic hydroxyl groups is 1. The highest BCUT2D eigenvalue weighted by Gasteiger charge is 2.16. The van der Waals surface area contributed by atoms with Gasteiger partial charge in [-0.3, -0.25) is 0 Å². The van der Waals surface area contributed by atoms with Gasteiger partial charge in [-0.1, -0.05) is 48.5 Å². The van der Waals surface area contributed by atoms with Gasteiger partial charge in [0.1, 0.15) is 0 Å². The van der Waals surface area contributed by atoms with Gasteiger partial charge in [0, 0.05) is 12.5 Å². The van der Waals surface area contributed by atoms with Gasteiger partial charge in [-0.15, -0.1) is 0 Å². The molecule has 0 saturated heterocycles. The summed E-state index contributed by atoms with van der Waals surface area (Å²) in [5.41, 5.74) is 5.70. The molecule has 0 fully saturated rings. The maximum absolute atomic E-state index is 9.40. The monoisotopic (exact) mass is 266 g/mol. The zero-order chi connectivity index (χ0) is 13.8. The van der Waals surface area contributed by atoms with E-state index in [-0.39, 0.29) is 6.61 Å². The van der Waals surface area contributed by atoms with Gasteiger partial charge in [0.2, 0.25) is 0 Å². The van der Waals surface area contributed by atoms with Crippen LogP contribution in [0.2, 0.25) is 0 Å². The fraction of sp³-hybridized carbons (Fsp3) is 0.368. The SMILES string of the molecule is OCCC(c1ccccc1)c1ccc2c(c1)CCCC2. The van der Waals surface area contributed by atoms with Gasteiger partial charge in [-0.2, -0.15) is 0 Å².